The molecule has 1 atom stereocenters. The van der Waals surface area contributed by atoms with E-state index >= 15 is 0 Å². The molecule has 0 bridgehead atoms. The van der Waals surface area contributed by atoms with Crippen LogP contribution < -0.4 is 14.4 Å². The van der Waals surface area contributed by atoms with Crippen molar-refractivity contribution in [3.63, 3.8) is 0 Å². The number of benzene rings is 3. The highest BCUT2D eigenvalue weighted by atomic mass is 16.5. The summed E-state index contributed by atoms with van der Waals surface area (Å²) in [6.07, 6.45) is 0. The molecule has 4 aromatic rings. The Morgan fingerprint density at radius 1 is 0.838 bits per heavy atom. The number of piperazine rings is 1. The number of hydrogen-bond donors (Lipinski definition) is 0. The van der Waals surface area contributed by atoms with E-state index in [-0.39, 0.29) is 6.04 Å². The number of ether oxygens (including phenoxy) is 2. The number of para-hydroxylation sites is 1. The third-order valence-electron chi connectivity index (χ3n) is 7.33. The Balaban J connectivity index is 1.45. The maximum absolute atomic E-state index is 5.79. The van der Waals surface area contributed by atoms with E-state index in [1.165, 1.54) is 16.8 Å². The van der Waals surface area contributed by atoms with Crippen LogP contribution in [0.5, 0.6) is 11.5 Å². The lowest BCUT2D eigenvalue weighted by molar-refractivity contribution is 0.198. The summed E-state index contributed by atoms with van der Waals surface area (Å²) in [6, 6.07) is 22.6. The second kappa shape index (κ2) is 11.0. The predicted octanol–water partition coefficient (Wildman–Crippen LogP) is 4.27. The number of hydrogen-bond acceptors (Lipinski definition) is 7. The second-order valence-corrected chi connectivity index (χ2v) is 9.43. The maximum Gasteiger partial charge on any atom is 0.173 e. The quantitative estimate of drug-likeness (QED) is 0.359. The van der Waals surface area contributed by atoms with E-state index in [1.54, 1.807) is 14.2 Å². The number of aryl methyl sites for hydroxylation is 1. The van der Waals surface area contributed by atoms with Gasteiger partial charge in [0.15, 0.2) is 5.82 Å². The van der Waals surface area contributed by atoms with E-state index in [0.29, 0.717) is 6.54 Å². The third-order valence-corrected chi connectivity index (χ3v) is 7.33. The standard InChI is InChI=1S/C29H34N6O2/c1-21-8-7-10-26(22(21)2)33-16-18-34(19-17-33)28(25-9-5-6-11-27(25)37-4)29-30-31-32-35(29)20-23-12-14-24(36-3)15-13-23/h5-15,28H,16-20H2,1-4H3/t28-/m0/s1. The third kappa shape index (κ3) is 5.15. The van der Waals surface area contributed by atoms with Crippen molar-refractivity contribution in [1.82, 2.24) is 25.1 Å². The molecule has 0 amide bonds. The Labute approximate surface area is 218 Å². The van der Waals surface area contributed by atoms with Crippen molar-refractivity contribution in [2.45, 2.75) is 26.4 Å². The van der Waals surface area contributed by atoms with Crippen LogP contribution >= 0.6 is 0 Å². The Morgan fingerprint density at radius 3 is 2.32 bits per heavy atom. The fraction of sp³-hybridized carbons (Fsp3) is 0.345. The smallest absolute Gasteiger partial charge is 0.173 e. The van der Waals surface area contributed by atoms with E-state index in [0.717, 1.165) is 54.6 Å². The first-order valence-electron chi connectivity index (χ1n) is 12.7. The highest BCUT2D eigenvalue weighted by Crippen LogP contribution is 2.35. The minimum absolute atomic E-state index is 0.134. The van der Waals surface area contributed by atoms with Gasteiger partial charge in [-0.15, -0.1) is 5.10 Å². The molecule has 8 heteroatoms. The van der Waals surface area contributed by atoms with Crippen LogP contribution in [0, 0.1) is 13.8 Å². The monoisotopic (exact) mass is 498 g/mol. The zero-order chi connectivity index (χ0) is 25.8. The summed E-state index contributed by atoms with van der Waals surface area (Å²) >= 11 is 0. The van der Waals surface area contributed by atoms with Crippen LogP contribution in [-0.4, -0.2) is 65.5 Å². The lowest BCUT2D eigenvalue weighted by Gasteiger charge is -2.40. The summed E-state index contributed by atoms with van der Waals surface area (Å²) in [7, 11) is 3.39. The molecule has 1 aliphatic heterocycles. The molecule has 192 valence electrons. The van der Waals surface area contributed by atoms with Crippen LogP contribution in [0.3, 0.4) is 0 Å². The molecule has 1 fully saturated rings. The van der Waals surface area contributed by atoms with E-state index in [9.17, 15) is 0 Å². The summed E-state index contributed by atoms with van der Waals surface area (Å²) in [6.45, 7) is 8.57. The lowest BCUT2D eigenvalue weighted by atomic mass is 10.0. The summed E-state index contributed by atoms with van der Waals surface area (Å²) in [4.78, 5) is 4.95. The van der Waals surface area contributed by atoms with E-state index in [2.05, 4.69) is 69.5 Å². The number of rotatable bonds is 8. The first-order valence-corrected chi connectivity index (χ1v) is 12.7. The van der Waals surface area contributed by atoms with Crippen LogP contribution in [0.2, 0.25) is 0 Å². The van der Waals surface area contributed by atoms with E-state index in [1.807, 2.05) is 41.1 Å². The van der Waals surface area contributed by atoms with Crippen molar-refractivity contribution in [2.24, 2.45) is 0 Å². The summed E-state index contributed by atoms with van der Waals surface area (Å²) in [5.41, 5.74) is 6.16. The summed E-state index contributed by atoms with van der Waals surface area (Å²) in [5.74, 6) is 2.47. The lowest BCUT2D eigenvalue weighted by Crippen LogP contribution is -2.48. The van der Waals surface area contributed by atoms with E-state index in [4.69, 9.17) is 9.47 Å². The van der Waals surface area contributed by atoms with Gasteiger partial charge in [0.2, 0.25) is 0 Å². The number of nitrogens with zero attached hydrogens (tertiary/aromatic N) is 6. The molecule has 0 N–H and O–H groups in total. The molecule has 1 aliphatic rings. The normalized spacial score (nSPS) is 15.0. The van der Waals surface area contributed by atoms with Crippen molar-refractivity contribution >= 4 is 5.69 Å². The van der Waals surface area contributed by atoms with Gasteiger partial charge >= 0.3 is 0 Å². The number of methoxy groups -OCH3 is 2. The van der Waals surface area contributed by atoms with Gasteiger partial charge in [0, 0.05) is 37.4 Å². The Hall–Kier alpha value is -3.91. The molecule has 2 heterocycles. The number of aromatic nitrogens is 4. The first-order chi connectivity index (χ1) is 18.1. The first kappa shape index (κ1) is 24.8. The van der Waals surface area contributed by atoms with Crippen molar-refractivity contribution in [3.05, 3.63) is 94.8 Å². The van der Waals surface area contributed by atoms with E-state index < -0.39 is 0 Å². The molecule has 0 spiro atoms. The zero-order valence-electron chi connectivity index (χ0n) is 22.0. The molecular weight excluding hydrogens is 464 g/mol. The molecule has 1 saturated heterocycles. The average Bonchev–Trinajstić information content (AvgIpc) is 3.39. The average molecular weight is 499 g/mol. The van der Waals surface area contributed by atoms with Gasteiger partial charge in [0.25, 0.3) is 0 Å². The number of tetrazole rings is 1. The number of anilines is 1. The van der Waals surface area contributed by atoms with Crippen molar-refractivity contribution in [3.8, 4) is 11.5 Å². The minimum atomic E-state index is -0.134. The molecule has 5 rings (SSSR count). The SMILES string of the molecule is COc1ccc(Cn2nnnc2[C@H](c2ccccc2OC)N2CCN(c3cccc(C)c3C)CC2)cc1. The fourth-order valence-electron chi connectivity index (χ4n) is 5.11. The molecule has 0 unspecified atom stereocenters. The highest BCUT2D eigenvalue weighted by Gasteiger charge is 2.32. The van der Waals surface area contributed by atoms with Crippen LogP contribution in [-0.2, 0) is 6.54 Å². The van der Waals surface area contributed by atoms with Gasteiger partial charge < -0.3 is 14.4 Å². The van der Waals surface area contributed by atoms with Crippen LogP contribution in [0.15, 0.2) is 66.7 Å². The van der Waals surface area contributed by atoms with Crippen LogP contribution in [0.25, 0.3) is 0 Å². The van der Waals surface area contributed by atoms with Gasteiger partial charge in [0.1, 0.15) is 17.5 Å². The van der Waals surface area contributed by atoms with Gasteiger partial charge in [-0.05, 0) is 65.2 Å². The molecular formula is C29H34N6O2. The molecule has 3 aromatic carbocycles. The summed E-state index contributed by atoms with van der Waals surface area (Å²) < 4.78 is 13.0. The largest absolute Gasteiger partial charge is 0.497 e. The second-order valence-electron chi connectivity index (χ2n) is 9.43. The van der Waals surface area contributed by atoms with Crippen LogP contribution in [0.1, 0.15) is 34.1 Å². The molecule has 1 aromatic heterocycles. The Kier molecular flexibility index (Phi) is 7.37. The predicted molar refractivity (Wildman–Crippen MR) is 144 cm³/mol. The zero-order valence-corrected chi connectivity index (χ0v) is 22.0. The van der Waals surface area contributed by atoms with Gasteiger partial charge in [0.05, 0.1) is 20.8 Å². The Bertz CT molecular complexity index is 1330. The van der Waals surface area contributed by atoms with Crippen molar-refractivity contribution < 1.29 is 9.47 Å². The topological polar surface area (TPSA) is 68.5 Å². The highest BCUT2D eigenvalue weighted by molar-refractivity contribution is 5.56. The molecule has 0 aliphatic carbocycles. The maximum atomic E-state index is 5.79. The minimum Gasteiger partial charge on any atom is -0.497 e. The van der Waals surface area contributed by atoms with Gasteiger partial charge in [-0.1, -0.05) is 42.5 Å². The molecule has 0 radical (unpaired) electrons. The van der Waals surface area contributed by atoms with Gasteiger partial charge in [-0.3, -0.25) is 4.90 Å². The van der Waals surface area contributed by atoms with Crippen molar-refractivity contribution in [1.29, 1.82) is 0 Å². The molecule has 8 nitrogen and oxygen atoms in total. The fourth-order valence-corrected chi connectivity index (χ4v) is 5.11. The summed E-state index contributed by atoms with van der Waals surface area (Å²) in [5, 5.41) is 13.0. The Morgan fingerprint density at radius 2 is 1.59 bits per heavy atom. The molecule has 37 heavy (non-hydrogen) atoms. The van der Waals surface area contributed by atoms with Gasteiger partial charge in [-0.25, -0.2) is 4.68 Å². The van der Waals surface area contributed by atoms with Crippen LogP contribution in [0.4, 0.5) is 5.69 Å². The van der Waals surface area contributed by atoms with Gasteiger partial charge in [-0.2, -0.15) is 0 Å². The van der Waals surface area contributed by atoms with Crippen molar-refractivity contribution in [2.75, 3.05) is 45.3 Å². The molecule has 0 saturated carbocycles.